The maximum atomic E-state index is 5.97. The van der Waals surface area contributed by atoms with Crippen molar-refractivity contribution >= 4 is 45.2 Å². The van der Waals surface area contributed by atoms with E-state index >= 15 is 0 Å². The van der Waals surface area contributed by atoms with Gasteiger partial charge >= 0.3 is 0 Å². The summed E-state index contributed by atoms with van der Waals surface area (Å²) in [5, 5.41) is 12.8. The number of rotatable bonds is 0. The summed E-state index contributed by atoms with van der Waals surface area (Å²) in [5.41, 5.74) is 1.96. The molecule has 0 aromatic carbocycles. The number of fused-ring (bicyclic) bond motifs is 8. The molecule has 1 aliphatic rings. The molecule has 4 aromatic heterocycles. The van der Waals surface area contributed by atoms with Crippen LogP contribution in [0.5, 0.6) is 0 Å². The molecule has 0 saturated heterocycles. The number of H-pyrrole nitrogens is 1. The topological polar surface area (TPSA) is 72.5 Å². The summed E-state index contributed by atoms with van der Waals surface area (Å²) in [6, 6.07) is 0. The van der Waals surface area contributed by atoms with Crippen molar-refractivity contribution in [1.82, 2.24) is 29.2 Å². The van der Waals surface area contributed by atoms with E-state index in [1.807, 2.05) is 11.3 Å². The molecule has 5 rings (SSSR count). The molecule has 4 aromatic rings. The molecule has 0 aliphatic carbocycles. The molecule has 5 heterocycles. The van der Waals surface area contributed by atoms with Crippen LogP contribution in [0.15, 0.2) is 0 Å². The predicted molar refractivity (Wildman–Crippen MR) is 89.6 cm³/mol. The lowest BCUT2D eigenvalue weighted by Gasteiger charge is -2.30. The number of aromatic nitrogens is 6. The van der Waals surface area contributed by atoms with E-state index < -0.39 is 0 Å². The van der Waals surface area contributed by atoms with E-state index in [9.17, 15) is 0 Å². The van der Waals surface area contributed by atoms with Gasteiger partial charge in [0.2, 0.25) is 4.77 Å². The third-order valence-electron chi connectivity index (χ3n) is 4.25. The van der Waals surface area contributed by atoms with E-state index in [2.05, 4.69) is 34.1 Å². The Hall–Kier alpha value is -1.84. The summed E-state index contributed by atoms with van der Waals surface area (Å²) in [5.74, 6) is 1.39. The molecule has 0 saturated carbocycles. The molecule has 0 atom stereocenters. The molecule has 1 aliphatic heterocycles. The Labute approximate surface area is 139 Å². The Bertz CT molecular complexity index is 1160. The van der Waals surface area contributed by atoms with Crippen LogP contribution in [0.3, 0.4) is 0 Å². The van der Waals surface area contributed by atoms with Crippen LogP contribution in [-0.4, -0.2) is 34.8 Å². The summed E-state index contributed by atoms with van der Waals surface area (Å²) in [4.78, 5) is 6.94. The fraction of sp³-hybridized carbons (Fsp3) is 0.429. The summed E-state index contributed by atoms with van der Waals surface area (Å²) in [6.45, 7) is 6.75. The molecule has 0 unspecified atom stereocenters. The van der Waals surface area contributed by atoms with Crippen LogP contribution in [0.25, 0.3) is 21.6 Å². The molecule has 0 amide bonds. The van der Waals surface area contributed by atoms with Gasteiger partial charge in [0.1, 0.15) is 10.7 Å². The van der Waals surface area contributed by atoms with Gasteiger partial charge in [-0.25, -0.2) is 14.5 Å². The Morgan fingerprint density at radius 2 is 2.22 bits per heavy atom. The monoisotopic (exact) mass is 346 g/mol. The first-order chi connectivity index (χ1) is 10.9. The average molecular weight is 346 g/mol. The molecular formula is C14H14N6OS2. The number of ether oxygens (including phenoxy) is 1. The molecule has 7 nitrogen and oxygen atoms in total. The van der Waals surface area contributed by atoms with Gasteiger partial charge in [0, 0.05) is 11.3 Å². The van der Waals surface area contributed by atoms with Gasteiger partial charge in [0.05, 0.1) is 17.6 Å². The van der Waals surface area contributed by atoms with Gasteiger partial charge in [0.25, 0.3) is 5.78 Å². The number of nitrogens with zero attached hydrogens (tertiary/aromatic N) is 5. The van der Waals surface area contributed by atoms with Crippen LogP contribution >= 0.6 is 23.6 Å². The minimum absolute atomic E-state index is 0.181. The summed E-state index contributed by atoms with van der Waals surface area (Å²) in [7, 11) is 0. The third-order valence-corrected chi connectivity index (χ3v) is 5.72. The van der Waals surface area contributed by atoms with Crippen molar-refractivity contribution in [1.29, 1.82) is 0 Å². The Kier molecular flexibility index (Phi) is 2.46. The fourth-order valence-electron chi connectivity index (χ4n) is 3.26. The van der Waals surface area contributed by atoms with Crippen LogP contribution < -0.4 is 0 Å². The minimum atomic E-state index is -0.181. The second-order valence-corrected chi connectivity index (χ2v) is 7.94. The second-order valence-electron chi connectivity index (χ2n) is 6.47. The standard InChI is InChI=1S/C14H14N6OS2/c1-6-15-10-9-7-4-14(2,3)21-5-8(7)23-11(9)19-12(20(10)18-6)16-17-13(19)22/h4-5H2,1-3H3,(H,17,22). The maximum Gasteiger partial charge on any atom is 0.257 e. The molecule has 0 fully saturated rings. The fourth-order valence-corrected chi connectivity index (χ4v) is 4.76. The zero-order valence-electron chi connectivity index (χ0n) is 12.9. The number of nitrogens with one attached hydrogen (secondary N) is 1. The van der Waals surface area contributed by atoms with Crippen molar-refractivity contribution in [2.24, 2.45) is 0 Å². The smallest absolute Gasteiger partial charge is 0.257 e. The molecule has 0 radical (unpaired) electrons. The number of aryl methyl sites for hydroxylation is 1. The molecule has 1 N–H and O–H groups in total. The van der Waals surface area contributed by atoms with Crippen molar-refractivity contribution in [2.45, 2.75) is 39.4 Å². The van der Waals surface area contributed by atoms with Gasteiger partial charge in [-0.15, -0.1) is 21.5 Å². The van der Waals surface area contributed by atoms with Crippen LogP contribution in [0.1, 0.15) is 30.1 Å². The van der Waals surface area contributed by atoms with Gasteiger partial charge in [-0.05, 0) is 38.6 Å². The largest absolute Gasteiger partial charge is 0.370 e. The maximum absolute atomic E-state index is 5.97. The molecule has 23 heavy (non-hydrogen) atoms. The summed E-state index contributed by atoms with van der Waals surface area (Å²) < 4.78 is 10.3. The summed E-state index contributed by atoms with van der Waals surface area (Å²) in [6.07, 6.45) is 0.848. The third kappa shape index (κ3) is 1.72. The van der Waals surface area contributed by atoms with E-state index in [1.54, 1.807) is 15.9 Å². The zero-order chi connectivity index (χ0) is 15.9. The minimum Gasteiger partial charge on any atom is -0.370 e. The van der Waals surface area contributed by atoms with Crippen LogP contribution in [0, 0.1) is 11.7 Å². The first-order valence-electron chi connectivity index (χ1n) is 7.35. The number of aromatic amines is 1. The van der Waals surface area contributed by atoms with Crippen LogP contribution in [-0.2, 0) is 17.8 Å². The highest BCUT2D eigenvalue weighted by molar-refractivity contribution is 7.71. The zero-order valence-corrected chi connectivity index (χ0v) is 14.5. The van der Waals surface area contributed by atoms with E-state index in [4.69, 9.17) is 17.0 Å². The van der Waals surface area contributed by atoms with E-state index in [0.29, 0.717) is 17.2 Å². The van der Waals surface area contributed by atoms with Crippen molar-refractivity contribution in [2.75, 3.05) is 0 Å². The molecule has 0 spiro atoms. The normalized spacial score (nSPS) is 17.3. The molecule has 118 valence electrons. The van der Waals surface area contributed by atoms with Gasteiger partial charge in [0.15, 0.2) is 5.65 Å². The SMILES string of the molecule is Cc1nc2c3c4c(sc3n3c(=S)[nH]nc3n2n1)COC(C)(C)C4. The summed E-state index contributed by atoms with van der Waals surface area (Å²) >= 11 is 7.13. The highest BCUT2D eigenvalue weighted by atomic mass is 32.1. The number of thiophene rings is 1. The van der Waals surface area contributed by atoms with Gasteiger partial charge in [-0.2, -0.15) is 4.52 Å². The van der Waals surface area contributed by atoms with Crippen molar-refractivity contribution in [3.8, 4) is 0 Å². The highest BCUT2D eigenvalue weighted by Crippen LogP contribution is 2.40. The lowest BCUT2D eigenvalue weighted by Crippen LogP contribution is -2.31. The average Bonchev–Trinajstić information content (AvgIpc) is 3.12. The Morgan fingerprint density at radius 1 is 1.39 bits per heavy atom. The van der Waals surface area contributed by atoms with Gasteiger partial charge < -0.3 is 4.74 Å². The highest BCUT2D eigenvalue weighted by Gasteiger charge is 2.31. The first kappa shape index (κ1) is 13.6. The predicted octanol–water partition coefficient (Wildman–Crippen LogP) is 2.81. The van der Waals surface area contributed by atoms with Crippen LogP contribution in [0.4, 0.5) is 0 Å². The quantitative estimate of drug-likeness (QED) is 0.496. The van der Waals surface area contributed by atoms with Crippen LogP contribution in [0.2, 0.25) is 0 Å². The lowest BCUT2D eigenvalue weighted by atomic mass is 9.94. The second kappa shape index (κ2) is 4.16. The Morgan fingerprint density at radius 3 is 3.04 bits per heavy atom. The van der Waals surface area contributed by atoms with Crippen molar-refractivity contribution in [3.05, 3.63) is 21.0 Å². The van der Waals surface area contributed by atoms with E-state index in [-0.39, 0.29) is 5.60 Å². The number of hydrogen-bond acceptors (Lipinski definition) is 6. The lowest BCUT2D eigenvalue weighted by molar-refractivity contribution is -0.0379. The van der Waals surface area contributed by atoms with Gasteiger partial charge in [-0.3, -0.25) is 0 Å². The molecular weight excluding hydrogens is 332 g/mol. The molecule has 9 heteroatoms. The van der Waals surface area contributed by atoms with Crippen molar-refractivity contribution < 1.29 is 4.74 Å². The first-order valence-corrected chi connectivity index (χ1v) is 8.58. The van der Waals surface area contributed by atoms with Gasteiger partial charge in [-0.1, -0.05) is 0 Å². The van der Waals surface area contributed by atoms with Crippen molar-refractivity contribution in [3.63, 3.8) is 0 Å². The number of hydrogen-bond donors (Lipinski definition) is 1. The molecule has 0 bridgehead atoms. The Balaban J connectivity index is 2.06. The van der Waals surface area contributed by atoms with E-state index in [0.717, 1.165) is 28.1 Å². The van der Waals surface area contributed by atoms with E-state index in [1.165, 1.54) is 10.4 Å².